The van der Waals surface area contributed by atoms with Gasteiger partial charge in [-0.05, 0) is 31.4 Å². The molecule has 0 bridgehead atoms. The number of aromatic nitrogens is 1. The van der Waals surface area contributed by atoms with Crippen molar-refractivity contribution in [1.82, 2.24) is 4.98 Å². The Kier molecular flexibility index (Phi) is 2.65. The molecule has 0 saturated heterocycles. The minimum absolute atomic E-state index is 0.436. The van der Waals surface area contributed by atoms with E-state index in [1.54, 1.807) is 12.3 Å². The van der Waals surface area contributed by atoms with E-state index >= 15 is 0 Å². The third-order valence-electron chi connectivity index (χ3n) is 1.62. The maximum atomic E-state index is 10.9. The fourth-order valence-corrected chi connectivity index (χ4v) is 0.921. The van der Waals surface area contributed by atoms with Gasteiger partial charge in [-0.1, -0.05) is 0 Å². The summed E-state index contributed by atoms with van der Waals surface area (Å²) in [6.07, 6.45) is 6.63. The lowest BCUT2D eigenvalue weighted by Crippen LogP contribution is -2.09. The molecule has 0 radical (unpaired) electrons. The van der Waals surface area contributed by atoms with Gasteiger partial charge >= 0.3 is 0 Å². The molecule has 1 aromatic heterocycles. The van der Waals surface area contributed by atoms with Crippen molar-refractivity contribution in [2.24, 2.45) is 0 Å². The van der Waals surface area contributed by atoms with Gasteiger partial charge in [0.2, 0.25) is 0 Å². The number of rotatable bonds is 1. The van der Waals surface area contributed by atoms with Crippen molar-refractivity contribution >= 4 is 11.6 Å². The van der Waals surface area contributed by atoms with Crippen LogP contribution in [0.15, 0.2) is 12.3 Å². The van der Waals surface area contributed by atoms with Crippen LogP contribution in [0.2, 0.25) is 0 Å². The average molecular weight is 174 g/mol. The fourth-order valence-electron chi connectivity index (χ4n) is 0.921. The molecule has 0 fully saturated rings. The summed E-state index contributed by atoms with van der Waals surface area (Å²) in [7, 11) is 0. The van der Waals surface area contributed by atoms with Gasteiger partial charge in [0.15, 0.2) is 0 Å². The molecule has 1 heterocycles. The van der Waals surface area contributed by atoms with Crippen LogP contribution in [0.5, 0.6) is 0 Å². The number of aryl methyl sites for hydroxylation is 2. The van der Waals surface area contributed by atoms with E-state index in [0.717, 1.165) is 16.9 Å². The highest BCUT2D eigenvalue weighted by atomic mass is 16.1. The second-order valence-corrected chi connectivity index (χ2v) is 2.74. The van der Waals surface area contributed by atoms with E-state index in [1.807, 2.05) is 19.8 Å². The Balaban J connectivity index is 2.95. The predicted octanol–water partition coefficient (Wildman–Crippen LogP) is 1.27. The maximum absolute atomic E-state index is 10.9. The zero-order chi connectivity index (χ0) is 9.84. The molecule has 1 N–H and O–H groups in total. The van der Waals surface area contributed by atoms with E-state index in [2.05, 4.69) is 10.3 Å². The number of hydrogen-bond acceptors (Lipinski definition) is 2. The summed E-state index contributed by atoms with van der Waals surface area (Å²) >= 11 is 0. The number of anilines is 1. The lowest BCUT2D eigenvalue weighted by molar-refractivity contribution is -0.111. The number of hydrogen-bond donors (Lipinski definition) is 1. The number of amides is 1. The normalized spacial score (nSPS) is 9.00. The third kappa shape index (κ3) is 2.31. The summed E-state index contributed by atoms with van der Waals surface area (Å²) in [5.41, 5.74) is 2.46. The monoisotopic (exact) mass is 174 g/mol. The molecule has 0 atom stereocenters. The van der Waals surface area contributed by atoms with Crippen molar-refractivity contribution in [3.05, 3.63) is 23.5 Å². The van der Waals surface area contributed by atoms with Gasteiger partial charge in [-0.2, -0.15) is 0 Å². The highest BCUT2D eigenvalue weighted by Gasteiger charge is 2.01. The van der Waals surface area contributed by atoms with Crippen LogP contribution >= 0.6 is 0 Å². The fraction of sp³-hybridized carbons (Fsp3) is 0.200. The second-order valence-electron chi connectivity index (χ2n) is 2.74. The molecular weight excluding hydrogens is 164 g/mol. The average Bonchev–Trinajstić information content (AvgIpc) is 2.11. The second kappa shape index (κ2) is 3.72. The number of terminal acetylenes is 1. The van der Waals surface area contributed by atoms with Crippen LogP contribution in [0.4, 0.5) is 5.69 Å². The molecule has 3 nitrogen and oxygen atoms in total. The molecule has 0 saturated carbocycles. The van der Waals surface area contributed by atoms with Crippen LogP contribution in [-0.2, 0) is 4.79 Å². The van der Waals surface area contributed by atoms with E-state index in [9.17, 15) is 4.79 Å². The molecule has 0 spiro atoms. The standard InChI is InChI=1S/C10H10N2O/c1-4-10(13)12-9-5-8(3)11-6-7(9)2/h1,5-6H,2-3H3,(H,11,12,13). The number of pyridine rings is 1. The molecule has 1 amide bonds. The van der Waals surface area contributed by atoms with Gasteiger partial charge in [0.25, 0.3) is 5.91 Å². The Morgan fingerprint density at radius 1 is 1.62 bits per heavy atom. The predicted molar refractivity (Wildman–Crippen MR) is 51.2 cm³/mol. The van der Waals surface area contributed by atoms with Crippen LogP contribution < -0.4 is 5.32 Å². The van der Waals surface area contributed by atoms with Crippen molar-refractivity contribution in [2.75, 3.05) is 5.32 Å². The summed E-state index contributed by atoms with van der Waals surface area (Å²) in [5, 5.41) is 2.59. The molecule has 0 aliphatic heterocycles. The number of carbonyl (C=O) groups is 1. The zero-order valence-electron chi connectivity index (χ0n) is 7.59. The third-order valence-corrected chi connectivity index (χ3v) is 1.62. The molecule has 1 aromatic rings. The number of nitrogens with zero attached hydrogens (tertiary/aromatic N) is 1. The zero-order valence-corrected chi connectivity index (χ0v) is 7.59. The molecule has 66 valence electrons. The largest absolute Gasteiger partial charge is 0.315 e. The van der Waals surface area contributed by atoms with Gasteiger partial charge in [-0.15, -0.1) is 6.42 Å². The molecule has 0 aliphatic carbocycles. The topological polar surface area (TPSA) is 42.0 Å². The smallest absolute Gasteiger partial charge is 0.300 e. The Labute approximate surface area is 77.2 Å². The summed E-state index contributed by atoms with van der Waals surface area (Å²) in [4.78, 5) is 14.9. The highest BCUT2D eigenvalue weighted by Crippen LogP contribution is 2.13. The minimum atomic E-state index is -0.436. The summed E-state index contributed by atoms with van der Waals surface area (Å²) in [6.45, 7) is 3.71. The SMILES string of the molecule is C#CC(=O)Nc1cc(C)ncc1C. The Hall–Kier alpha value is -1.82. The van der Waals surface area contributed by atoms with Gasteiger partial charge in [-0.25, -0.2) is 0 Å². The molecule has 3 heteroatoms. The Bertz CT molecular complexity index is 377. The van der Waals surface area contributed by atoms with Crippen molar-refractivity contribution in [1.29, 1.82) is 0 Å². The van der Waals surface area contributed by atoms with Crippen molar-refractivity contribution in [2.45, 2.75) is 13.8 Å². The first kappa shape index (κ1) is 9.27. The lowest BCUT2D eigenvalue weighted by Gasteiger charge is -2.05. The van der Waals surface area contributed by atoms with Crippen LogP contribution in [0.25, 0.3) is 0 Å². The van der Waals surface area contributed by atoms with Gasteiger partial charge in [0.05, 0.1) is 0 Å². The van der Waals surface area contributed by atoms with Crippen LogP contribution in [0.3, 0.4) is 0 Å². The van der Waals surface area contributed by atoms with E-state index < -0.39 is 5.91 Å². The summed E-state index contributed by atoms with van der Waals surface area (Å²) in [5.74, 6) is 1.55. The van der Waals surface area contributed by atoms with E-state index in [4.69, 9.17) is 6.42 Å². The van der Waals surface area contributed by atoms with Gasteiger partial charge in [0.1, 0.15) is 0 Å². The minimum Gasteiger partial charge on any atom is -0.315 e. The first-order chi connectivity index (χ1) is 6.13. The van der Waals surface area contributed by atoms with Gasteiger partial charge in [-0.3, -0.25) is 9.78 Å². The van der Waals surface area contributed by atoms with E-state index in [0.29, 0.717) is 0 Å². The van der Waals surface area contributed by atoms with Crippen LogP contribution in [-0.4, -0.2) is 10.9 Å². The first-order valence-corrected chi connectivity index (χ1v) is 3.84. The van der Waals surface area contributed by atoms with E-state index in [-0.39, 0.29) is 0 Å². The van der Waals surface area contributed by atoms with Gasteiger partial charge in [0, 0.05) is 17.6 Å². The molecule has 1 rings (SSSR count). The molecule has 0 unspecified atom stereocenters. The molecule has 13 heavy (non-hydrogen) atoms. The van der Waals surface area contributed by atoms with Crippen LogP contribution in [0, 0.1) is 26.2 Å². The van der Waals surface area contributed by atoms with Gasteiger partial charge < -0.3 is 5.32 Å². The van der Waals surface area contributed by atoms with Crippen LogP contribution in [0.1, 0.15) is 11.3 Å². The molecule has 0 aliphatic rings. The number of carbonyl (C=O) groups excluding carboxylic acids is 1. The number of nitrogens with one attached hydrogen (secondary N) is 1. The molecule has 0 aromatic carbocycles. The highest BCUT2D eigenvalue weighted by molar-refractivity contribution is 6.03. The maximum Gasteiger partial charge on any atom is 0.300 e. The molecular formula is C10H10N2O. The first-order valence-electron chi connectivity index (χ1n) is 3.84. The lowest BCUT2D eigenvalue weighted by atomic mass is 10.2. The van der Waals surface area contributed by atoms with Crippen molar-refractivity contribution < 1.29 is 4.79 Å². The van der Waals surface area contributed by atoms with Crippen molar-refractivity contribution in [3.8, 4) is 12.3 Å². The Morgan fingerprint density at radius 2 is 2.31 bits per heavy atom. The van der Waals surface area contributed by atoms with E-state index in [1.165, 1.54) is 0 Å². The van der Waals surface area contributed by atoms with Crippen molar-refractivity contribution in [3.63, 3.8) is 0 Å². The quantitative estimate of drug-likeness (QED) is 0.651. The summed E-state index contributed by atoms with van der Waals surface area (Å²) < 4.78 is 0. The Morgan fingerprint density at radius 3 is 2.92 bits per heavy atom. The summed E-state index contributed by atoms with van der Waals surface area (Å²) in [6, 6.07) is 1.78.